The minimum Gasteiger partial charge on any atom is -0.478 e. The highest BCUT2D eigenvalue weighted by molar-refractivity contribution is 8.01. The summed E-state index contributed by atoms with van der Waals surface area (Å²) >= 11 is 1.75. The Morgan fingerprint density at radius 1 is 1.33 bits per heavy atom. The first-order valence-corrected chi connectivity index (χ1v) is 8.27. The normalized spacial score (nSPS) is 24.7. The second-order valence-electron chi connectivity index (χ2n) is 5.95. The zero-order valence-electron chi connectivity index (χ0n) is 12.1. The number of rotatable bonds is 2. The van der Waals surface area contributed by atoms with Crippen molar-refractivity contribution in [2.24, 2.45) is 0 Å². The summed E-state index contributed by atoms with van der Waals surface area (Å²) in [4.78, 5) is 25.7. The number of carboxylic acid groups (broad SMARTS) is 1. The first-order valence-electron chi connectivity index (χ1n) is 7.28. The molecule has 2 aliphatic rings. The van der Waals surface area contributed by atoms with E-state index in [1.54, 1.807) is 23.9 Å². The topological polar surface area (TPSA) is 57.6 Å². The Morgan fingerprint density at radius 2 is 2.14 bits per heavy atom. The first-order chi connectivity index (χ1) is 9.99. The number of hydrogen-bond acceptors (Lipinski definition) is 3. The summed E-state index contributed by atoms with van der Waals surface area (Å²) in [5.41, 5.74) is 2.43. The highest BCUT2D eigenvalue weighted by Crippen LogP contribution is 2.40. The molecule has 2 aliphatic heterocycles. The van der Waals surface area contributed by atoms with Crippen LogP contribution in [0.1, 0.15) is 41.3 Å². The van der Waals surface area contributed by atoms with Crippen LogP contribution in [-0.4, -0.2) is 38.9 Å². The molecule has 0 spiro atoms. The van der Waals surface area contributed by atoms with Gasteiger partial charge in [0.05, 0.1) is 10.3 Å². The Labute approximate surface area is 128 Å². The molecule has 21 heavy (non-hydrogen) atoms. The van der Waals surface area contributed by atoms with Crippen molar-refractivity contribution in [1.82, 2.24) is 4.90 Å². The number of thioether (sulfide) groups is 1. The van der Waals surface area contributed by atoms with Gasteiger partial charge in [-0.3, -0.25) is 4.79 Å². The Hall–Kier alpha value is -1.49. The Bertz CT molecular complexity index is 593. The molecule has 1 aromatic rings. The number of fused-ring (bicyclic) bond motifs is 1. The van der Waals surface area contributed by atoms with Crippen LogP contribution in [0.2, 0.25) is 0 Å². The summed E-state index contributed by atoms with van der Waals surface area (Å²) in [6, 6.07) is 5.24. The van der Waals surface area contributed by atoms with Crippen LogP contribution in [0.5, 0.6) is 0 Å². The molecule has 3 rings (SSSR count). The van der Waals surface area contributed by atoms with Crippen molar-refractivity contribution in [2.45, 2.75) is 37.5 Å². The lowest BCUT2D eigenvalue weighted by molar-refractivity contribution is -0.134. The molecule has 1 N–H and O–H groups in total. The van der Waals surface area contributed by atoms with Gasteiger partial charge in [0.15, 0.2) is 0 Å². The van der Waals surface area contributed by atoms with E-state index in [2.05, 4.69) is 0 Å². The lowest BCUT2D eigenvalue weighted by atomic mass is 9.95. The van der Waals surface area contributed by atoms with Gasteiger partial charge in [-0.25, -0.2) is 4.79 Å². The molecule has 1 fully saturated rings. The number of aromatic carboxylic acids is 1. The lowest BCUT2D eigenvalue weighted by Crippen LogP contribution is -2.46. The number of nitrogens with zero attached hydrogens (tertiary/aromatic N) is 1. The van der Waals surface area contributed by atoms with Crippen LogP contribution in [-0.2, 0) is 17.8 Å². The van der Waals surface area contributed by atoms with Crippen LogP contribution >= 0.6 is 11.8 Å². The molecule has 1 aromatic carbocycles. The molecule has 4 nitrogen and oxygen atoms in total. The van der Waals surface area contributed by atoms with Gasteiger partial charge < -0.3 is 10.0 Å². The minimum atomic E-state index is -0.917. The van der Waals surface area contributed by atoms with Crippen LogP contribution < -0.4 is 0 Å². The summed E-state index contributed by atoms with van der Waals surface area (Å²) < 4.78 is -0.290. The molecule has 0 radical (unpaired) electrons. The Morgan fingerprint density at radius 3 is 2.81 bits per heavy atom. The van der Waals surface area contributed by atoms with Gasteiger partial charge >= 0.3 is 5.97 Å². The van der Waals surface area contributed by atoms with Gasteiger partial charge in [0.2, 0.25) is 5.91 Å². The number of carboxylic acids is 1. The smallest absolute Gasteiger partial charge is 0.335 e. The van der Waals surface area contributed by atoms with Crippen molar-refractivity contribution in [3.63, 3.8) is 0 Å². The van der Waals surface area contributed by atoms with Crippen molar-refractivity contribution < 1.29 is 14.7 Å². The molecule has 0 aromatic heterocycles. The fourth-order valence-electron chi connectivity index (χ4n) is 3.15. The van der Waals surface area contributed by atoms with E-state index in [4.69, 9.17) is 5.11 Å². The standard InChI is InChI=1S/C16H19NO3S/c1-16(6-2-8-21-16)15(20)17-7-5-11-3-4-12(14(18)19)9-13(11)10-17/h3-4,9H,2,5-8,10H2,1H3,(H,18,19). The van der Waals surface area contributed by atoms with E-state index in [1.807, 2.05) is 17.9 Å². The van der Waals surface area contributed by atoms with Crippen LogP contribution in [0.4, 0.5) is 0 Å². The highest BCUT2D eigenvalue weighted by atomic mass is 32.2. The predicted octanol–water partition coefficient (Wildman–Crippen LogP) is 2.56. The lowest BCUT2D eigenvalue weighted by Gasteiger charge is -2.34. The maximum absolute atomic E-state index is 12.7. The second kappa shape index (κ2) is 5.37. The molecule has 0 bridgehead atoms. The van der Waals surface area contributed by atoms with Gasteiger partial charge in [-0.05, 0) is 55.2 Å². The van der Waals surface area contributed by atoms with Crippen LogP contribution in [0.15, 0.2) is 18.2 Å². The van der Waals surface area contributed by atoms with Crippen molar-refractivity contribution in [2.75, 3.05) is 12.3 Å². The molecule has 0 aliphatic carbocycles. The molecule has 112 valence electrons. The summed E-state index contributed by atoms with van der Waals surface area (Å²) in [6.07, 6.45) is 2.84. The molecular formula is C16H19NO3S. The van der Waals surface area contributed by atoms with E-state index in [0.29, 0.717) is 12.1 Å². The van der Waals surface area contributed by atoms with E-state index in [9.17, 15) is 9.59 Å². The third kappa shape index (κ3) is 2.67. The SMILES string of the molecule is CC1(C(=O)N2CCc3ccc(C(=O)O)cc3C2)CCCS1. The number of carbonyl (C=O) groups is 2. The van der Waals surface area contributed by atoms with Crippen LogP contribution in [0.25, 0.3) is 0 Å². The van der Waals surface area contributed by atoms with E-state index >= 15 is 0 Å². The molecule has 5 heteroatoms. The third-order valence-electron chi connectivity index (χ3n) is 4.42. The number of amides is 1. The molecule has 1 saturated heterocycles. The molecule has 1 amide bonds. The van der Waals surface area contributed by atoms with Gasteiger partial charge in [-0.2, -0.15) is 0 Å². The van der Waals surface area contributed by atoms with Crippen molar-refractivity contribution in [3.8, 4) is 0 Å². The minimum absolute atomic E-state index is 0.205. The van der Waals surface area contributed by atoms with Crippen molar-refractivity contribution in [1.29, 1.82) is 0 Å². The van der Waals surface area contributed by atoms with Crippen molar-refractivity contribution in [3.05, 3.63) is 34.9 Å². The average molecular weight is 305 g/mol. The number of benzene rings is 1. The molecule has 1 unspecified atom stereocenters. The zero-order chi connectivity index (χ0) is 15.0. The van der Waals surface area contributed by atoms with Gasteiger partial charge in [0, 0.05) is 13.1 Å². The zero-order valence-corrected chi connectivity index (χ0v) is 12.9. The van der Waals surface area contributed by atoms with Gasteiger partial charge in [-0.15, -0.1) is 11.8 Å². The average Bonchev–Trinajstić information content (AvgIpc) is 2.93. The van der Waals surface area contributed by atoms with Gasteiger partial charge in [0.25, 0.3) is 0 Å². The Kier molecular flexibility index (Phi) is 3.69. The molecule has 0 saturated carbocycles. The predicted molar refractivity (Wildman–Crippen MR) is 82.6 cm³/mol. The fraction of sp³-hybridized carbons (Fsp3) is 0.500. The van der Waals surface area contributed by atoms with E-state index in [0.717, 1.165) is 42.7 Å². The molecule has 2 heterocycles. The Balaban J connectivity index is 1.81. The summed E-state index contributed by atoms with van der Waals surface area (Å²) in [5, 5.41) is 9.09. The monoisotopic (exact) mass is 305 g/mol. The van der Waals surface area contributed by atoms with Gasteiger partial charge in [-0.1, -0.05) is 6.07 Å². The quantitative estimate of drug-likeness (QED) is 0.912. The van der Waals surface area contributed by atoms with Crippen molar-refractivity contribution >= 4 is 23.6 Å². The second-order valence-corrected chi connectivity index (χ2v) is 7.55. The molecule has 1 atom stereocenters. The largest absolute Gasteiger partial charge is 0.478 e. The number of carbonyl (C=O) groups excluding carboxylic acids is 1. The van der Waals surface area contributed by atoms with E-state index in [1.165, 1.54) is 0 Å². The van der Waals surface area contributed by atoms with E-state index in [-0.39, 0.29) is 10.7 Å². The first kappa shape index (κ1) is 14.4. The third-order valence-corrected chi connectivity index (χ3v) is 5.93. The van der Waals surface area contributed by atoms with Crippen LogP contribution in [0.3, 0.4) is 0 Å². The van der Waals surface area contributed by atoms with Crippen LogP contribution in [0, 0.1) is 0 Å². The number of hydrogen-bond donors (Lipinski definition) is 1. The summed E-state index contributed by atoms with van der Waals surface area (Å²) in [7, 11) is 0. The summed E-state index contributed by atoms with van der Waals surface area (Å²) in [5.74, 6) is 0.339. The maximum Gasteiger partial charge on any atom is 0.335 e. The van der Waals surface area contributed by atoms with Gasteiger partial charge in [0.1, 0.15) is 0 Å². The highest BCUT2D eigenvalue weighted by Gasteiger charge is 2.40. The molecular weight excluding hydrogens is 286 g/mol. The summed E-state index contributed by atoms with van der Waals surface area (Å²) in [6.45, 7) is 3.30. The van der Waals surface area contributed by atoms with E-state index < -0.39 is 5.97 Å². The fourth-order valence-corrected chi connectivity index (χ4v) is 4.43. The maximum atomic E-state index is 12.7.